The summed E-state index contributed by atoms with van der Waals surface area (Å²) < 4.78 is 5.59. The maximum Gasteiger partial charge on any atom is 0.0627 e. The Morgan fingerprint density at radius 2 is 2.31 bits per heavy atom. The minimum absolute atomic E-state index is 0.208. The minimum atomic E-state index is 0.208. The fraction of sp³-hybridized carbons (Fsp3) is 0.909. The molecule has 1 aliphatic carbocycles. The Morgan fingerprint density at radius 3 is 2.92 bits per heavy atom. The highest BCUT2D eigenvalue weighted by atomic mass is 16.5. The largest absolute Gasteiger partial charge is 0.381 e. The third-order valence-corrected chi connectivity index (χ3v) is 4.51. The number of hydrogen-bond acceptors (Lipinski definition) is 2. The molecule has 2 nitrogen and oxygen atoms in total. The van der Waals surface area contributed by atoms with Gasteiger partial charge in [0.25, 0.3) is 0 Å². The second kappa shape index (κ2) is 2.72. The summed E-state index contributed by atoms with van der Waals surface area (Å²) in [6, 6.07) is 2.35. The molecule has 0 amide bonds. The zero-order valence-corrected chi connectivity index (χ0v) is 8.47. The molecule has 13 heavy (non-hydrogen) atoms. The Kier molecular flexibility index (Phi) is 1.89. The van der Waals surface area contributed by atoms with Gasteiger partial charge in [0.05, 0.1) is 12.7 Å². The van der Waals surface area contributed by atoms with Crippen LogP contribution in [-0.4, -0.2) is 13.2 Å². The smallest absolute Gasteiger partial charge is 0.0627 e. The first-order valence-corrected chi connectivity index (χ1v) is 5.07. The van der Waals surface area contributed by atoms with Crippen LogP contribution >= 0.6 is 0 Å². The van der Waals surface area contributed by atoms with Crippen LogP contribution in [-0.2, 0) is 4.74 Å². The van der Waals surface area contributed by atoms with Crippen LogP contribution in [0.15, 0.2) is 0 Å². The lowest BCUT2D eigenvalue weighted by Crippen LogP contribution is -2.45. The standard InChI is InChI=1S/C11H17NO/c1-10-4-3-9(7-13-8-10)11(10,2)5-6-12/h9H,3-5,7-8H2,1-2H3/t9-,10+,11-/m1/s1. The van der Waals surface area contributed by atoms with E-state index in [9.17, 15) is 0 Å². The van der Waals surface area contributed by atoms with Gasteiger partial charge in [-0.1, -0.05) is 13.8 Å². The van der Waals surface area contributed by atoms with E-state index in [-0.39, 0.29) is 10.8 Å². The van der Waals surface area contributed by atoms with E-state index in [0.717, 1.165) is 13.2 Å². The number of rotatable bonds is 1. The van der Waals surface area contributed by atoms with Crippen LogP contribution in [0.5, 0.6) is 0 Å². The van der Waals surface area contributed by atoms with E-state index in [4.69, 9.17) is 10.00 Å². The molecule has 0 aromatic heterocycles. The van der Waals surface area contributed by atoms with Crippen molar-refractivity contribution < 1.29 is 4.74 Å². The fourth-order valence-electron chi connectivity index (χ4n) is 3.04. The van der Waals surface area contributed by atoms with Crippen molar-refractivity contribution in [3.8, 4) is 6.07 Å². The molecule has 3 atom stereocenters. The molecule has 72 valence electrons. The molecule has 2 aliphatic rings. The lowest BCUT2D eigenvalue weighted by molar-refractivity contribution is -0.0946. The van der Waals surface area contributed by atoms with Gasteiger partial charge in [-0.3, -0.25) is 0 Å². The maximum absolute atomic E-state index is 8.87. The topological polar surface area (TPSA) is 33.0 Å². The van der Waals surface area contributed by atoms with Gasteiger partial charge in [-0.2, -0.15) is 5.26 Å². The Hall–Kier alpha value is -0.550. The summed E-state index contributed by atoms with van der Waals surface area (Å²) in [5, 5.41) is 8.87. The van der Waals surface area contributed by atoms with E-state index in [0.29, 0.717) is 12.3 Å². The second-order valence-corrected chi connectivity index (χ2v) is 5.06. The zero-order chi connectivity index (χ0) is 9.53. The van der Waals surface area contributed by atoms with E-state index >= 15 is 0 Å². The molecule has 0 radical (unpaired) electrons. The third kappa shape index (κ3) is 1.03. The number of ether oxygens (including phenoxy) is 1. The molecule has 0 unspecified atom stereocenters. The second-order valence-electron chi connectivity index (χ2n) is 5.06. The van der Waals surface area contributed by atoms with Gasteiger partial charge in [0.1, 0.15) is 0 Å². The van der Waals surface area contributed by atoms with Crippen LogP contribution in [0.3, 0.4) is 0 Å². The molecule has 1 saturated heterocycles. The highest BCUT2D eigenvalue weighted by molar-refractivity contribution is 5.07. The summed E-state index contributed by atoms with van der Waals surface area (Å²) in [5.74, 6) is 0.617. The normalized spacial score (nSPS) is 48.8. The first kappa shape index (κ1) is 9.02. The van der Waals surface area contributed by atoms with Crippen LogP contribution in [0, 0.1) is 28.1 Å². The number of nitriles is 1. The first-order valence-electron chi connectivity index (χ1n) is 5.07. The lowest BCUT2D eigenvalue weighted by atomic mass is 9.62. The fourth-order valence-corrected chi connectivity index (χ4v) is 3.04. The van der Waals surface area contributed by atoms with Crippen molar-refractivity contribution in [2.45, 2.75) is 33.1 Å². The molecule has 0 aromatic rings. The number of hydrogen-bond donors (Lipinski definition) is 0. The van der Waals surface area contributed by atoms with Crippen molar-refractivity contribution in [3.63, 3.8) is 0 Å². The average Bonchev–Trinajstić information content (AvgIpc) is 2.25. The van der Waals surface area contributed by atoms with Crippen LogP contribution < -0.4 is 0 Å². The van der Waals surface area contributed by atoms with Gasteiger partial charge in [0.2, 0.25) is 0 Å². The van der Waals surface area contributed by atoms with Gasteiger partial charge in [0, 0.05) is 13.0 Å². The van der Waals surface area contributed by atoms with Gasteiger partial charge < -0.3 is 4.74 Å². The molecule has 0 spiro atoms. The highest BCUT2D eigenvalue weighted by Gasteiger charge is 2.56. The minimum Gasteiger partial charge on any atom is -0.381 e. The van der Waals surface area contributed by atoms with Crippen LogP contribution in [0.1, 0.15) is 33.1 Å². The summed E-state index contributed by atoms with van der Waals surface area (Å²) >= 11 is 0. The van der Waals surface area contributed by atoms with Crippen LogP contribution in [0.25, 0.3) is 0 Å². The van der Waals surface area contributed by atoms with Crippen molar-refractivity contribution >= 4 is 0 Å². The number of nitrogens with zero attached hydrogens (tertiary/aromatic N) is 1. The summed E-state index contributed by atoms with van der Waals surface area (Å²) in [6.07, 6.45) is 3.17. The van der Waals surface area contributed by atoms with Gasteiger partial charge in [-0.15, -0.1) is 0 Å². The lowest BCUT2D eigenvalue weighted by Gasteiger charge is -2.46. The van der Waals surface area contributed by atoms with E-state index < -0.39 is 0 Å². The summed E-state index contributed by atoms with van der Waals surface area (Å²) in [5.41, 5.74) is 0.464. The van der Waals surface area contributed by atoms with Crippen molar-refractivity contribution in [1.29, 1.82) is 5.26 Å². The Bertz CT molecular complexity index is 253. The third-order valence-electron chi connectivity index (χ3n) is 4.51. The predicted molar refractivity (Wildman–Crippen MR) is 50.0 cm³/mol. The Labute approximate surface area is 79.9 Å². The summed E-state index contributed by atoms with van der Waals surface area (Å²) in [4.78, 5) is 0. The van der Waals surface area contributed by atoms with Crippen LogP contribution in [0.4, 0.5) is 0 Å². The molecule has 1 aliphatic heterocycles. The monoisotopic (exact) mass is 179 g/mol. The van der Waals surface area contributed by atoms with Gasteiger partial charge in [-0.25, -0.2) is 0 Å². The molecule has 0 aromatic carbocycles. The summed E-state index contributed by atoms with van der Waals surface area (Å²) in [7, 11) is 0. The van der Waals surface area contributed by atoms with E-state index in [1.807, 2.05) is 0 Å². The SMILES string of the molecule is C[C@]12CC[C@H](COC1)[C@@]2(C)CC#N. The molecule has 1 saturated carbocycles. The van der Waals surface area contributed by atoms with Crippen molar-refractivity contribution in [2.24, 2.45) is 16.7 Å². The average molecular weight is 179 g/mol. The predicted octanol–water partition coefficient (Wildman–Crippen LogP) is 2.35. The molecular formula is C11H17NO. The highest BCUT2D eigenvalue weighted by Crippen LogP contribution is 2.60. The molecule has 2 fully saturated rings. The summed E-state index contributed by atoms with van der Waals surface area (Å²) in [6.45, 7) is 6.27. The first-order chi connectivity index (χ1) is 6.12. The molecular weight excluding hydrogens is 162 g/mol. The quantitative estimate of drug-likeness (QED) is 0.619. The van der Waals surface area contributed by atoms with Crippen LogP contribution in [0.2, 0.25) is 0 Å². The van der Waals surface area contributed by atoms with E-state index in [2.05, 4.69) is 19.9 Å². The molecule has 2 heteroatoms. The Morgan fingerprint density at radius 1 is 1.54 bits per heavy atom. The molecule has 1 heterocycles. The van der Waals surface area contributed by atoms with E-state index in [1.165, 1.54) is 12.8 Å². The zero-order valence-electron chi connectivity index (χ0n) is 8.47. The Balaban J connectivity index is 2.31. The van der Waals surface area contributed by atoms with Gasteiger partial charge >= 0.3 is 0 Å². The van der Waals surface area contributed by atoms with Gasteiger partial charge in [0.15, 0.2) is 0 Å². The maximum atomic E-state index is 8.87. The van der Waals surface area contributed by atoms with Crippen molar-refractivity contribution in [3.05, 3.63) is 0 Å². The molecule has 0 N–H and O–H groups in total. The van der Waals surface area contributed by atoms with Gasteiger partial charge in [-0.05, 0) is 29.6 Å². The van der Waals surface area contributed by atoms with Crippen molar-refractivity contribution in [1.82, 2.24) is 0 Å². The van der Waals surface area contributed by atoms with Crippen molar-refractivity contribution in [2.75, 3.05) is 13.2 Å². The molecule has 2 rings (SSSR count). The molecule has 2 bridgehead atoms. The number of fused-ring (bicyclic) bond motifs is 2. The van der Waals surface area contributed by atoms with E-state index in [1.54, 1.807) is 0 Å².